The highest BCUT2D eigenvalue weighted by Gasteiger charge is 2.17. The number of methoxy groups -OCH3 is 1. The van der Waals surface area contributed by atoms with Crippen LogP contribution in [0.1, 0.15) is 29.8 Å². The molecule has 2 N–H and O–H groups in total. The third-order valence-electron chi connectivity index (χ3n) is 3.11. The number of nitrogens with one attached hydrogen (secondary N) is 2. The van der Waals surface area contributed by atoms with Gasteiger partial charge in [-0.15, -0.1) is 10.2 Å². The van der Waals surface area contributed by atoms with Crippen LogP contribution in [0.15, 0.2) is 6.07 Å². The average Bonchev–Trinajstić information content (AvgIpc) is 2.91. The number of carbonyl (C=O) groups excluding carboxylic acids is 1. The van der Waals surface area contributed by atoms with E-state index in [9.17, 15) is 4.79 Å². The van der Waals surface area contributed by atoms with E-state index in [1.807, 2.05) is 0 Å². The number of hydrogen-bond donors (Lipinski definition) is 2. The van der Waals surface area contributed by atoms with E-state index in [0.29, 0.717) is 11.7 Å². The smallest absolute Gasteiger partial charge is 0.360 e. The summed E-state index contributed by atoms with van der Waals surface area (Å²) in [6.07, 6.45) is 3.40. The molecule has 2 rings (SSSR count). The Balaban J connectivity index is 1.97. The molecule has 1 fully saturated rings. The van der Waals surface area contributed by atoms with Crippen LogP contribution >= 0.6 is 11.6 Å². The SMILES string of the molecule is COC(=O)c1nnc(Cl)cc1NCCC1CCCN1. The number of ether oxygens (including phenoxy) is 1. The van der Waals surface area contributed by atoms with Crippen LogP contribution in [0.4, 0.5) is 5.69 Å². The van der Waals surface area contributed by atoms with Crippen LogP contribution in [0.5, 0.6) is 0 Å². The van der Waals surface area contributed by atoms with Gasteiger partial charge in [-0.2, -0.15) is 0 Å². The first kappa shape index (κ1) is 14.0. The van der Waals surface area contributed by atoms with Crippen molar-refractivity contribution in [3.63, 3.8) is 0 Å². The summed E-state index contributed by atoms with van der Waals surface area (Å²) in [5.41, 5.74) is 0.719. The Bertz CT molecular complexity index is 449. The molecule has 0 aliphatic carbocycles. The predicted molar refractivity (Wildman–Crippen MR) is 72.5 cm³/mol. The molecule has 1 aliphatic rings. The minimum Gasteiger partial charge on any atom is -0.464 e. The van der Waals surface area contributed by atoms with Gasteiger partial charge in [0.15, 0.2) is 10.8 Å². The number of nitrogens with zero attached hydrogens (tertiary/aromatic N) is 2. The highest BCUT2D eigenvalue weighted by Crippen LogP contribution is 2.18. The number of esters is 1. The van der Waals surface area contributed by atoms with Gasteiger partial charge in [-0.1, -0.05) is 11.6 Å². The first-order chi connectivity index (χ1) is 9.20. The molecule has 0 bridgehead atoms. The molecule has 1 atom stereocenters. The zero-order chi connectivity index (χ0) is 13.7. The minimum absolute atomic E-state index is 0.159. The standard InChI is InChI=1S/C12H17ClN4O2/c1-19-12(18)11-9(7-10(13)16-17-11)15-6-4-8-3-2-5-14-8/h7-8,14H,2-6H2,1H3,(H,15,16). The number of rotatable bonds is 5. The second kappa shape index (κ2) is 6.68. The molecule has 0 amide bonds. The fourth-order valence-electron chi connectivity index (χ4n) is 2.13. The average molecular weight is 285 g/mol. The summed E-state index contributed by atoms with van der Waals surface area (Å²) in [6.45, 7) is 1.82. The Morgan fingerprint density at radius 3 is 3.16 bits per heavy atom. The van der Waals surface area contributed by atoms with Gasteiger partial charge in [0.05, 0.1) is 12.8 Å². The van der Waals surface area contributed by atoms with Crippen molar-refractivity contribution in [3.8, 4) is 0 Å². The second-order valence-corrected chi connectivity index (χ2v) is 4.82. The molecule has 0 aromatic carbocycles. The Hall–Kier alpha value is -1.40. The van der Waals surface area contributed by atoms with Crippen LogP contribution in [-0.4, -0.2) is 42.4 Å². The first-order valence-electron chi connectivity index (χ1n) is 6.29. The molecule has 7 heteroatoms. The van der Waals surface area contributed by atoms with Gasteiger partial charge in [-0.25, -0.2) is 4.79 Å². The van der Waals surface area contributed by atoms with Crippen molar-refractivity contribution in [1.82, 2.24) is 15.5 Å². The number of carbonyl (C=O) groups is 1. The lowest BCUT2D eigenvalue weighted by Gasteiger charge is -2.13. The third kappa shape index (κ3) is 3.78. The Morgan fingerprint density at radius 2 is 2.47 bits per heavy atom. The molecule has 19 heavy (non-hydrogen) atoms. The van der Waals surface area contributed by atoms with Crippen LogP contribution < -0.4 is 10.6 Å². The number of aromatic nitrogens is 2. The second-order valence-electron chi connectivity index (χ2n) is 4.43. The Labute approximate surface area is 116 Å². The van der Waals surface area contributed by atoms with Crippen LogP contribution in [0.2, 0.25) is 5.15 Å². The van der Waals surface area contributed by atoms with Crippen molar-refractivity contribution in [1.29, 1.82) is 0 Å². The predicted octanol–water partition coefficient (Wildman–Crippen LogP) is 1.47. The summed E-state index contributed by atoms with van der Waals surface area (Å²) in [4.78, 5) is 11.5. The van der Waals surface area contributed by atoms with Gasteiger partial charge in [0.1, 0.15) is 0 Å². The minimum atomic E-state index is -0.523. The van der Waals surface area contributed by atoms with Crippen molar-refractivity contribution in [2.75, 3.05) is 25.5 Å². The largest absolute Gasteiger partial charge is 0.464 e. The normalized spacial score (nSPS) is 18.3. The van der Waals surface area contributed by atoms with Gasteiger partial charge in [0.2, 0.25) is 0 Å². The fourth-order valence-corrected chi connectivity index (χ4v) is 2.28. The monoisotopic (exact) mass is 284 g/mol. The number of anilines is 1. The van der Waals surface area contributed by atoms with Crippen LogP contribution in [0.25, 0.3) is 0 Å². The zero-order valence-electron chi connectivity index (χ0n) is 10.8. The highest BCUT2D eigenvalue weighted by atomic mass is 35.5. The van der Waals surface area contributed by atoms with Crippen LogP contribution in [-0.2, 0) is 4.74 Å². The topological polar surface area (TPSA) is 76.1 Å². The quantitative estimate of drug-likeness (QED) is 0.798. The summed E-state index contributed by atoms with van der Waals surface area (Å²) in [5.74, 6) is -0.523. The molecule has 0 saturated carbocycles. The molecule has 1 saturated heterocycles. The summed E-state index contributed by atoms with van der Waals surface area (Å²) in [5, 5.41) is 14.3. The van der Waals surface area contributed by atoms with Crippen molar-refractivity contribution >= 4 is 23.3 Å². The van der Waals surface area contributed by atoms with E-state index in [4.69, 9.17) is 11.6 Å². The maximum absolute atomic E-state index is 11.5. The molecule has 0 radical (unpaired) electrons. The van der Waals surface area contributed by atoms with E-state index in [-0.39, 0.29) is 10.8 Å². The Kier molecular flexibility index (Phi) is 4.93. The summed E-state index contributed by atoms with van der Waals surface area (Å²) < 4.78 is 4.66. The van der Waals surface area contributed by atoms with Crippen molar-refractivity contribution in [2.24, 2.45) is 0 Å². The zero-order valence-corrected chi connectivity index (χ0v) is 11.5. The van der Waals surface area contributed by atoms with Crippen molar-refractivity contribution in [3.05, 3.63) is 16.9 Å². The summed E-state index contributed by atoms with van der Waals surface area (Å²) in [6, 6.07) is 2.13. The first-order valence-corrected chi connectivity index (χ1v) is 6.67. The number of hydrogen-bond acceptors (Lipinski definition) is 6. The summed E-state index contributed by atoms with van der Waals surface area (Å²) >= 11 is 5.79. The van der Waals surface area contributed by atoms with E-state index in [1.54, 1.807) is 6.07 Å². The third-order valence-corrected chi connectivity index (χ3v) is 3.30. The number of halogens is 1. The van der Waals surface area contributed by atoms with Crippen LogP contribution in [0.3, 0.4) is 0 Å². The van der Waals surface area contributed by atoms with Gasteiger partial charge in [0, 0.05) is 18.7 Å². The molecule has 1 unspecified atom stereocenters. The lowest BCUT2D eigenvalue weighted by Crippen LogP contribution is -2.24. The van der Waals surface area contributed by atoms with E-state index >= 15 is 0 Å². The summed E-state index contributed by atoms with van der Waals surface area (Å²) in [7, 11) is 1.31. The van der Waals surface area contributed by atoms with Crippen molar-refractivity contribution in [2.45, 2.75) is 25.3 Å². The maximum Gasteiger partial charge on any atom is 0.360 e. The van der Waals surface area contributed by atoms with Gasteiger partial charge in [0.25, 0.3) is 0 Å². The van der Waals surface area contributed by atoms with Crippen LogP contribution in [0, 0.1) is 0 Å². The molecule has 0 spiro atoms. The lowest BCUT2D eigenvalue weighted by atomic mass is 10.1. The molecule has 6 nitrogen and oxygen atoms in total. The highest BCUT2D eigenvalue weighted by molar-refractivity contribution is 6.29. The van der Waals surface area contributed by atoms with Gasteiger partial charge in [-0.05, 0) is 25.8 Å². The fraction of sp³-hybridized carbons (Fsp3) is 0.583. The molecular formula is C12H17ClN4O2. The molecule has 2 heterocycles. The van der Waals surface area contributed by atoms with E-state index in [1.165, 1.54) is 20.0 Å². The molecule has 1 aromatic heterocycles. The molecular weight excluding hydrogens is 268 g/mol. The maximum atomic E-state index is 11.5. The van der Waals surface area contributed by atoms with Crippen molar-refractivity contribution < 1.29 is 9.53 Å². The van der Waals surface area contributed by atoms with E-state index in [2.05, 4.69) is 25.6 Å². The van der Waals surface area contributed by atoms with Gasteiger partial charge < -0.3 is 15.4 Å². The molecule has 1 aliphatic heterocycles. The van der Waals surface area contributed by atoms with E-state index < -0.39 is 5.97 Å². The molecule has 104 valence electrons. The lowest BCUT2D eigenvalue weighted by molar-refractivity contribution is 0.0594. The van der Waals surface area contributed by atoms with Gasteiger partial charge >= 0.3 is 5.97 Å². The molecule has 1 aromatic rings. The van der Waals surface area contributed by atoms with Gasteiger partial charge in [-0.3, -0.25) is 0 Å². The van der Waals surface area contributed by atoms with E-state index in [0.717, 1.165) is 19.5 Å². The Morgan fingerprint density at radius 1 is 1.63 bits per heavy atom.